The number of primary amides is 1. The number of hydrogen-bond acceptors (Lipinski definition) is 27. The van der Waals surface area contributed by atoms with Crippen molar-refractivity contribution in [3.05, 3.63) is 90.0 Å². The number of ether oxygens (including phenoxy) is 1. The van der Waals surface area contributed by atoms with Crippen LogP contribution < -0.4 is 119 Å². The first-order valence-corrected chi connectivity index (χ1v) is 52.3. The minimum absolute atomic E-state index is 0.00188. The zero-order valence-electron chi connectivity index (χ0n) is 84.2. The van der Waals surface area contributed by atoms with Gasteiger partial charge in [-0.05, 0) is 129 Å². The van der Waals surface area contributed by atoms with Crippen molar-refractivity contribution >= 4 is 152 Å². The number of nitrogens with two attached hydrogens (primary N) is 5. The molecule has 4 aliphatic rings. The van der Waals surface area contributed by atoms with Gasteiger partial charge in [-0.25, -0.2) is 4.79 Å². The van der Waals surface area contributed by atoms with Crippen molar-refractivity contribution in [3.63, 3.8) is 0 Å². The van der Waals surface area contributed by atoms with Gasteiger partial charge in [0.1, 0.15) is 103 Å². The fourth-order valence-electron chi connectivity index (χ4n) is 17.5. The highest BCUT2D eigenvalue weighted by Crippen LogP contribution is 2.32. The van der Waals surface area contributed by atoms with E-state index in [2.05, 4.69) is 90.4 Å². The van der Waals surface area contributed by atoms with Crippen LogP contribution in [-0.2, 0) is 104 Å². The van der Waals surface area contributed by atoms with Crippen LogP contribution in [0.5, 0.6) is 5.75 Å². The number of phenolic OH excluding ortho intramolecular Hbond substituents is 1. The number of aliphatic carboxylic acids is 2. The smallest absolute Gasteiger partial charge is 0.329 e. The zero-order valence-corrected chi connectivity index (χ0v) is 85.9. The Morgan fingerprint density at radius 1 is 0.490 bits per heavy atom. The molecule has 0 aromatic heterocycles. The number of carbonyl (C=O) groups is 18. The highest BCUT2D eigenvalue weighted by atomic mass is 33.1. The van der Waals surface area contributed by atoms with E-state index in [1.807, 2.05) is 30.3 Å². The number of rotatable bonds is 43. The number of aliphatic hydroxyl groups is 1. The number of phenols is 1. The molecule has 3 aromatic carbocycles. The lowest BCUT2D eigenvalue weighted by molar-refractivity contribution is -0.147. The number of benzene rings is 3. The fourth-order valence-corrected chi connectivity index (χ4v) is 19.8. The van der Waals surface area contributed by atoms with Gasteiger partial charge in [-0.15, -0.1) is 0 Å². The average Bonchev–Trinajstić information content (AvgIpc) is 1.67. The van der Waals surface area contributed by atoms with Gasteiger partial charge in [-0.3, -0.25) is 103 Å². The van der Waals surface area contributed by atoms with E-state index in [-0.39, 0.29) is 146 Å². The van der Waals surface area contributed by atoms with Gasteiger partial charge in [-0.2, -0.15) is 0 Å². The predicted molar refractivity (Wildman–Crippen MR) is 551 cm³/mol. The van der Waals surface area contributed by atoms with Crippen molar-refractivity contribution in [1.29, 1.82) is 21.6 Å². The summed E-state index contributed by atoms with van der Waals surface area (Å²) in [5.41, 5.74) is 30.4. The molecular weight excluding hydrogens is 1980 g/mol. The molecule has 0 radical (unpaired) electrons. The van der Waals surface area contributed by atoms with Crippen LogP contribution in [-0.4, -0.2) is 321 Å². The molecule has 0 unspecified atom stereocenters. The highest BCUT2D eigenvalue weighted by Gasteiger charge is 2.47. The minimum Gasteiger partial charge on any atom is -0.508 e. The lowest BCUT2D eigenvalue weighted by atomic mass is 9.84. The Morgan fingerprint density at radius 2 is 0.960 bits per heavy atom. The summed E-state index contributed by atoms with van der Waals surface area (Å²) in [5, 5.41) is 118. The molecule has 35 N–H and O–H groups in total. The van der Waals surface area contributed by atoms with Gasteiger partial charge in [0.2, 0.25) is 94.5 Å². The molecule has 7 rings (SSSR count). The maximum Gasteiger partial charge on any atom is 0.329 e. The van der Waals surface area contributed by atoms with Crippen LogP contribution in [0.3, 0.4) is 0 Å². The summed E-state index contributed by atoms with van der Waals surface area (Å²) >= 11 is 0. The van der Waals surface area contributed by atoms with Gasteiger partial charge >= 0.3 is 11.9 Å². The molecule has 820 valence electrons. The number of fused-ring (bicyclic) bond motifs is 2. The van der Waals surface area contributed by atoms with Crippen LogP contribution in [0.2, 0.25) is 0 Å². The third kappa shape index (κ3) is 41.7. The number of nitrogens with zero attached hydrogens (tertiary/aromatic N) is 2. The first-order valence-electron chi connectivity index (χ1n) is 49.8. The molecule has 1 aliphatic carbocycles. The second-order valence-corrected chi connectivity index (χ2v) is 40.3. The fraction of sp³-hybridized carbons (Fsp3) is 0.583. The molecule has 3 aromatic rings. The lowest BCUT2D eigenvalue weighted by Gasteiger charge is -2.32. The van der Waals surface area contributed by atoms with E-state index < -0.39 is 283 Å². The summed E-state index contributed by atoms with van der Waals surface area (Å²) in [6.07, 6.45) is -1.63. The van der Waals surface area contributed by atoms with Crippen LogP contribution in [0.15, 0.2) is 78.9 Å². The molecule has 4 fully saturated rings. The van der Waals surface area contributed by atoms with Crippen LogP contribution in [0.25, 0.3) is 11.1 Å². The second kappa shape index (κ2) is 62.0. The normalized spacial score (nSPS) is 22.5. The SMILES string of the molecule is CC[C@H](C)[C@@H]1NC(=O)[C@H](Cc2ccc(-c3ccccc3)cc2)NC(=O)[C@H](CC(C)C)NC(=O)[C@@H]2CCCN2C(=O)[C@@H](NC(=O)[C@H](CCCNC(=N)N)NC(=O)[C@H](CCCNC(=N)N)NC(C)=O)CSSC[C@@H](C(=O)N[C@@H](CCCNC(=N)N)C(=O)N[C@@H](CCCNC(=N)N)C(N)=O)NC(=O)[C@H](CC2CCCCC2)NC(=O)[C@@H]2C[C@H](OCC(=O)O)CN2C(=O)[C@H](CC(=O)O)NC(=O)[C@H](Cc2ccc(O)cc2)NC(=O)[C@H](CO)NC1=O. The van der Waals surface area contributed by atoms with E-state index in [4.69, 9.17) is 55.0 Å². The van der Waals surface area contributed by atoms with E-state index in [9.17, 15) is 54.0 Å². The van der Waals surface area contributed by atoms with E-state index >= 15 is 52.7 Å². The van der Waals surface area contributed by atoms with Gasteiger partial charge in [0.25, 0.3) is 0 Å². The Morgan fingerprint density at radius 3 is 1.48 bits per heavy atom. The van der Waals surface area contributed by atoms with Gasteiger partial charge < -0.3 is 154 Å². The number of carboxylic acid groups (broad SMARTS) is 2. The number of hydrogen-bond donors (Lipinski definition) is 30. The van der Waals surface area contributed by atoms with Crippen LogP contribution in [0.4, 0.5) is 0 Å². The van der Waals surface area contributed by atoms with Crippen molar-refractivity contribution in [2.24, 2.45) is 46.4 Å². The molecule has 16 amide bonds. The van der Waals surface area contributed by atoms with Crippen molar-refractivity contribution in [3.8, 4) is 16.9 Å². The molecule has 0 bridgehead atoms. The Labute approximate surface area is 870 Å². The van der Waals surface area contributed by atoms with Gasteiger partial charge in [-0.1, -0.05) is 155 Å². The van der Waals surface area contributed by atoms with Crippen LogP contribution in [0, 0.1) is 39.4 Å². The molecule has 1 saturated carbocycles. The number of carbonyl (C=O) groups excluding carboxylic acids is 16. The Hall–Kier alpha value is -14.4. The molecule has 3 heterocycles. The Bertz CT molecular complexity index is 5130. The monoisotopic (exact) mass is 2120 g/mol. The molecule has 53 heteroatoms. The number of carboxylic acids is 2. The molecule has 3 aliphatic heterocycles. The van der Waals surface area contributed by atoms with Crippen molar-refractivity contribution < 1.29 is 111 Å². The predicted octanol–water partition coefficient (Wildman–Crippen LogP) is -4.31. The van der Waals surface area contributed by atoms with E-state index in [1.165, 1.54) is 24.3 Å². The van der Waals surface area contributed by atoms with Gasteiger partial charge in [0, 0.05) is 77.0 Å². The minimum atomic E-state index is -2.20. The summed E-state index contributed by atoms with van der Waals surface area (Å²) in [5.74, 6) is -24.6. The lowest BCUT2D eigenvalue weighted by Crippen LogP contribution is -2.62. The third-order valence-corrected chi connectivity index (χ3v) is 27.9. The van der Waals surface area contributed by atoms with Crippen molar-refractivity contribution in [1.82, 2.24) is 100 Å². The summed E-state index contributed by atoms with van der Waals surface area (Å²) in [7, 11) is 1.57. The third-order valence-electron chi connectivity index (χ3n) is 25.5. The van der Waals surface area contributed by atoms with Crippen molar-refractivity contribution in [2.75, 3.05) is 64.0 Å². The second-order valence-electron chi connectivity index (χ2n) is 37.7. The molecule has 17 atom stereocenters. The zero-order chi connectivity index (χ0) is 110. The van der Waals surface area contributed by atoms with Crippen LogP contribution in [0.1, 0.15) is 174 Å². The molecule has 3 saturated heterocycles. The number of amides is 16. The number of aliphatic hydroxyl groups excluding tert-OH is 1. The summed E-state index contributed by atoms with van der Waals surface area (Å²) in [6, 6.07) is -4.10. The van der Waals surface area contributed by atoms with Crippen molar-refractivity contribution in [2.45, 2.75) is 273 Å². The summed E-state index contributed by atoms with van der Waals surface area (Å²) < 4.78 is 5.69. The maximum atomic E-state index is 16.1. The first-order chi connectivity index (χ1) is 70.8. The summed E-state index contributed by atoms with van der Waals surface area (Å²) in [4.78, 5) is 268. The van der Waals surface area contributed by atoms with E-state index in [1.54, 1.807) is 52.0 Å². The standard InChI is InChI=1S/C96H146N28O23S2/c1-6-52(4)77-90(144)119-70(47-125)86(140)115-66(43-56-29-33-59(127)34-30-56)83(137)118-69(45-75(128)129)91(145)124-46-60(147-48-76(130)131)44-74(124)89(143)117-67(41-54-18-9-7-10-19-54)84(138)120-71(87(141)113-63(24-15-37-108-95(102)103)80(134)111-61(78(97)132)22-13-35-106-93(98)99)49-148-149-50-72(121-81(135)64(25-16-38-109-96(104)105)112-79(133)62(110-53(5)126)23-14-36-107-94(100)101)92(146)123-39-17-26-73(123)88(142)116-65(40-51(2)3)82(136)114-68(85(139)122-77)42-55-27-31-58(32-28-55)57-20-11-8-12-21-57/h8,11-12,20-21,27-34,51-52,54,60-74,77,125,127H,6-7,9-10,13-19,22-26,35-50H2,1-5H3,(H2,97,132)(H,110,126)(H,111,134)(H,112,133)(H,113,141)(H,114,136)(H,115,140)(H,116,142)(H,117,143)(H,118,137)(H,119,144)(H,120,138)(H,121,135)(H,122,139)(H,128,129)(H,130,131)(H4,98,99,106)(H4,100,101,107)(H4,102,103,108)(H4,104,105,109)/t52-,60-,61-,62-,63-,64-,65-,66-,67-,68-,69-,70-,71-,72-,73-,74-,77-/m0/s1. The highest BCUT2D eigenvalue weighted by molar-refractivity contribution is 8.76. The average molecular weight is 2120 g/mol. The van der Waals surface area contributed by atoms with Gasteiger partial charge in [0.05, 0.1) is 19.1 Å². The Kier molecular flexibility index (Phi) is 50.6. The van der Waals surface area contributed by atoms with E-state index in [0.717, 1.165) is 55.9 Å². The number of nitrogens with one attached hydrogen (secondary N) is 21. The van der Waals surface area contributed by atoms with Crippen LogP contribution >= 0.6 is 21.6 Å². The maximum absolute atomic E-state index is 16.1. The topological polar surface area (TPSA) is 834 Å². The number of aromatic hydroxyl groups is 1. The number of guanidine groups is 4. The largest absolute Gasteiger partial charge is 0.508 e. The molecule has 149 heavy (non-hydrogen) atoms. The Balaban J connectivity index is 1.44. The van der Waals surface area contributed by atoms with Gasteiger partial charge in [0.15, 0.2) is 23.8 Å². The quantitative estimate of drug-likeness (QED) is 0.0110. The first kappa shape index (κ1) is 122. The molecular formula is C96H146N28O23S2. The molecule has 51 nitrogen and oxygen atoms in total. The van der Waals surface area contributed by atoms with E-state index in [0.29, 0.717) is 31.2 Å². The molecule has 0 spiro atoms. The summed E-state index contributed by atoms with van der Waals surface area (Å²) in [6.45, 7) is 4.77.